The molecular formula is C28H26FN5O4. The van der Waals surface area contributed by atoms with Gasteiger partial charge in [0.1, 0.15) is 18.9 Å². The van der Waals surface area contributed by atoms with E-state index in [0.29, 0.717) is 35.8 Å². The smallest absolute Gasteiger partial charge is 0.337 e. The molecule has 6 amide bonds. The Hall–Kier alpha value is -4.73. The third kappa shape index (κ3) is 5.06. The first-order valence-corrected chi connectivity index (χ1v) is 12.3. The Bertz CT molecular complexity index is 1360. The number of hydrogen-bond acceptors (Lipinski definition) is 4. The maximum Gasteiger partial charge on any atom is 0.337 e. The molecule has 194 valence electrons. The maximum absolute atomic E-state index is 13.9. The minimum atomic E-state index is -0.789. The van der Waals surface area contributed by atoms with Crippen LogP contribution in [0.2, 0.25) is 0 Å². The second-order valence-electron chi connectivity index (χ2n) is 9.04. The topological polar surface area (TPSA) is 93.3 Å². The number of nitrogens with one attached hydrogen (secondary N) is 1. The Morgan fingerprint density at radius 1 is 0.737 bits per heavy atom. The molecule has 0 aromatic heterocycles. The van der Waals surface area contributed by atoms with Crippen molar-refractivity contribution in [1.29, 1.82) is 0 Å². The molecule has 1 N–H and O–H groups in total. The fraction of sp³-hybridized carbons (Fsp3) is 0.214. The molecule has 1 saturated heterocycles. The zero-order valence-corrected chi connectivity index (χ0v) is 20.5. The van der Waals surface area contributed by atoms with Crippen LogP contribution in [0.1, 0.15) is 12.8 Å². The van der Waals surface area contributed by atoms with E-state index in [1.807, 2.05) is 0 Å². The predicted octanol–water partition coefficient (Wildman–Crippen LogP) is 4.59. The van der Waals surface area contributed by atoms with E-state index in [1.165, 1.54) is 34.1 Å². The van der Waals surface area contributed by atoms with Crippen molar-refractivity contribution in [1.82, 2.24) is 9.80 Å². The normalized spacial score (nSPS) is 15.4. The molecule has 5 rings (SSSR count). The van der Waals surface area contributed by atoms with Crippen LogP contribution in [0, 0.1) is 5.82 Å². The average molecular weight is 516 g/mol. The van der Waals surface area contributed by atoms with Crippen molar-refractivity contribution in [3.8, 4) is 0 Å². The van der Waals surface area contributed by atoms with Gasteiger partial charge in [0.05, 0.1) is 17.1 Å². The molecule has 0 saturated carbocycles. The van der Waals surface area contributed by atoms with Crippen molar-refractivity contribution in [2.24, 2.45) is 0 Å². The SMILES string of the molecule is O=C(CN1C(=O)N(CC(=O)N2CCCC2)c2ccccc2N(c2ccccc2)C1=O)Nc1ccc(F)cc1. The van der Waals surface area contributed by atoms with E-state index in [9.17, 15) is 23.6 Å². The minimum absolute atomic E-state index is 0.234. The number of likely N-dealkylation sites (tertiary alicyclic amines) is 1. The Kier molecular flexibility index (Phi) is 7.03. The summed E-state index contributed by atoms with van der Waals surface area (Å²) in [5.41, 5.74) is 1.60. The number of para-hydroxylation sites is 3. The quantitative estimate of drug-likeness (QED) is 0.520. The number of rotatable bonds is 6. The molecule has 0 radical (unpaired) electrons. The molecule has 2 aliphatic heterocycles. The Morgan fingerprint density at radius 3 is 2.05 bits per heavy atom. The first-order chi connectivity index (χ1) is 18.4. The number of carbonyl (C=O) groups excluding carboxylic acids is 4. The number of hydrogen-bond donors (Lipinski definition) is 1. The van der Waals surface area contributed by atoms with E-state index < -0.39 is 30.3 Å². The third-order valence-corrected chi connectivity index (χ3v) is 6.49. The molecule has 3 aromatic carbocycles. The molecule has 0 atom stereocenters. The van der Waals surface area contributed by atoms with Crippen molar-refractivity contribution < 1.29 is 23.6 Å². The van der Waals surface area contributed by atoms with E-state index in [-0.39, 0.29) is 12.5 Å². The van der Waals surface area contributed by atoms with Crippen molar-refractivity contribution in [2.45, 2.75) is 12.8 Å². The number of halogens is 1. The van der Waals surface area contributed by atoms with Crippen molar-refractivity contribution >= 4 is 46.6 Å². The van der Waals surface area contributed by atoms with Gasteiger partial charge in [0.25, 0.3) is 0 Å². The summed E-state index contributed by atoms with van der Waals surface area (Å²) in [7, 11) is 0. The summed E-state index contributed by atoms with van der Waals surface area (Å²) in [6.45, 7) is 0.339. The highest BCUT2D eigenvalue weighted by molar-refractivity contribution is 6.18. The highest BCUT2D eigenvalue weighted by atomic mass is 19.1. The number of fused-ring (bicyclic) bond motifs is 1. The Morgan fingerprint density at radius 2 is 1.37 bits per heavy atom. The van der Waals surface area contributed by atoms with Gasteiger partial charge in [-0.2, -0.15) is 0 Å². The number of anilines is 4. The fourth-order valence-corrected chi connectivity index (χ4v) is 4.63. The molecule has 0 aliphatic carbocycles. The van der Waals surface area contributed by atoms with E-state index in [1.54, 1.807) is 59.5 Å². The van der Waals surface area contributed by atoms with Crippen LogP contribution in [0.4, 0.5) is 36.7 Å². The molecule has 1 fully saturated rings. The molecule has 10 heteroatoms. The first-order valence-electron chi connectivity index (χ1n) is 12.3. The van der Waals surface area contributed by atoms with E-state index in [0.717, 1.165) is 17.7 Å². The highest BCUT2D eigenvalue weighted by Crippen LogP contribution is 2.38. The third-order valence-electron chi connectivity index (χ3n) is 6.49. The van der Waals surface area contributed by atoms with Gasteiger partial charge in [-0.15, -0.1) is 0 Å². The van der Waals surface area contributed by atoms with Gasteiger partial charge in [-0.3, -0.25) is 19.4 Å². The molecule has 0 bridgehead atoms. The van der Waals surface area contributed by atoms with Crippen molar-refractivity contribution in [3.05, 3.63) is 84.7 Å². The summed E-state index contributed by atoms with van der Waals surface area (Å²) in [6.07, 6.45) is 1.79. The number of benzene rings is 3. The van der Waals surface area contributed by atoms with Crippen LogP contribution in [-0.4, -0.2) is 59.9 Å². The highest BCUT2D eigenvalue weighted by Gasteiger charge is 2.40. The van der Waals surface area contributed by atoms with Crippen LogP contribution in [0.5, 0.6) is 0 Å². The molecule has 9 nitrogen and oxygen atoms in total. The van der Waals surface area contributed by atoms with Gasteiger partial charge >= 0.3 is 12.1 Å². The molecule has 2 aliphatic rings. The Labute approximate surface area is 219 Å². The summed E-state index contributed by atoms with van der Waals surface area (Å²) in [5.74, 6) is -1.35. The van der Waals surface area contributed by atoms with E-state index in [2.05, 4.69) is 5.32 Å². The van der Waals surface area contributed by atoms with Crippen LogP contribution < -0.4 is 15.1 Å². The summed E-state index contributed by atoms with van der Waals surface area (Å²) in [5, 5.41) is 2.59. The number of imide groups is 1. The van der Waals surface area contributed by atoms with Gasteiger partial charge in [-0.1, -0.05) is 30.3 Å². The lowest BCUT2D eigenvalue weighted by Gasteiger charge is -2.27. The van der Waals surface area contributed by atoms with Crippen molar-refractivity contribution in [2.75, 3.05) is 41.3 Å². The molecule has 38 heavy (non-hydrogen) atoms. The molecule has 0 unspecified atom stereocenters. The predicted molar refractivity (Wildman–Crippen MR) is 141 cm³/mol. The molecule has 3 aromatic rings. The Balaban J connectivity index is 1.52. The summed E-state index contributed by atoms with van der Waals surface area (Å²) < 4.78 is 13.3. The van der Waals surface area contributed by atoms with Gasteiger partial charge in [0, 0.05) is 18.8 Å². The standard InChI is InChI=1S/C28H26FN5O4/c29-20-12-14-21(15-13-20)30-25(35)18-33-27(37)32(19-26(36)31-16-6-7-17-31)23-10-4-5-11-24(23)34(28(33)38)22-8-2-1-3-9-22/h1-5,8-15H,6-7,16-19H2,(H,30,35). The number of amides is 6. The lowest BCUT2D eigenvalue weighted by Crippen LogP contribution is -2.52. The van der Waals surface area contributed by atoms with Crippen LogP contribution in [0.15, 0.2) is 78.9 Å². The number of urea groups is 2. The van der Waals surface area contributed by atoms with Crippen LogP contribution in [0.25, 0.3) is 0 Å². The van der Waals surface area contributed by atoms with Crippen molar-refractivity contribution in [3.63, 3.8) is 0 Å². The summed E-state index contributed by atoms with van der Waals surface area (Å²) in [4.78, 5) is 59.0. The molecule has 2 heterocycles. The lowest BCUT2D eigenvalue weighted by atomic mass is 10.2. The first kappa shape index (κ1) is 24.9. The average Bonchev–Trinajstić information content (AvgIpc) is 3.45. The van der Waals surface area contributed by atoms with Crippen LogP contribution >= 0.6 is 0 Å². The van der Waals surface area contributed by atoms with Crippen LogP contribution in [0.3, 0.4) is 0 Å². The number of carbonyl (C=O) groups is 4. The zero-order valence-electron chi connectivity index (χ0n) is 20.5. The van der Waals surface area contributed by atoms with Gasteiger partial charge < -0.3 is 10.2 Å². The lowest BCUT2D eigenvalue weighted by molar-refractivity contribution is -0.128. The minimum Gasteiger partial charge on any atom is -0.341 e. The van der Waals surface area contributed by atoms with E-state index >= 15 is 0 Å². The monoisotopic (exact) mass is 515 g/mol. The molecular weight excluding hydrogens is 489 g/mol. The fourth-order valence-electron chi connectivity index (χ4n) is 4.63. The summed E-state index contributed by atoms with van der Waals surface area (Å²) >= 11 is 0. The van der Waals surface area contributed by atoms with E-state index in [4.69, 9.17) is 0 Å². The van der Waals surface area contributed by atoms with Gasteiger partial charge in [-0.25, -0.2) is 18.9 Å². The molecule has 0 spiro atoms. The van der Waals surface area contributed by atoms with Gasteiger partial charge in [-0.05, 0) is 61.4 Å². The van der Waals surface area contributed by atoms with Gasteiger partial charge in [0.2, 0.25) is 11.8 Å². The summed E-state index contributed by atoms with van der Waals surface area (Å²) in [6, 6.07) is 19.2. The second kappa shape index (κ2) is 10.7. The van der Waals surface area contributed by atoms with Gasteiger partial charge in [0.15, 0.2) is 0 Å². The number of nitrogens with zero attached hydrogens (tertiary/aromatic N) is 4. The zero-order chi connectivity index (χ0) is 26.6. The van der Waals surface area contributed by atoms with Crippen LogP contribution in [-0.2, 0) is 9.59 Å². The largest absolute Gasteiger partial charge is 0.341 e. The second-order valence-corrected chi connectivity index (χ2v) is 9.04. The maximum atomic E-state index is 13.9.